The van der Waals surface area contributed by atoms with Gasteiger partial charge in [-0.3, -0.25) is 9.78 Å². The Balaban J connectivity index is 1.31. The number of rotatable bonds is 20. The number of halogens is 1. The van der Waals surface area contributed by atoms with Gasteiger partial charge in [0.25, 0.3) is 0 Å². The number of hydrogen-bond acceptors (Lipinski definition) is 10. The van der Waals surface area contributed by atoms with Crippen molar-refractivity contribution in [2.45, 2.75) is 121 Å². The van der Waals surface area contributed by atoms with E-state index in [1.807, 2.05) is 42.2 Å². The number of allylic oxidation sites excluding steroid dienone is 1. The van der Waals surface area contributed by atoms with Gasteiger partial charge in [0.1, 0.15) is 30.0 Å². The number of fused-ring (bicyclic) bond motifs is 2. The summed E-state index contributed by atoms with van der Waals surface area (Å²) in [6, 6.07) is 17.5. The van der Waals surface area contributed by atoms with E-state index in [1.165, 1.54) is 12.1 Å². The van der Waals surface area contributed by atoms with Gasteiger partial charge in [-0.2, -0.15) is 0 Å². The maximum atomic E-state index is 14.8. The van der Waals surface area contributed by atoms with Crippen LogP contribution in [0.4, 0.5) is 4.39 Å². The van der Waals surface area contributed by atoms with Gasteiger partial charge in [-0.15, -0.1) is 6.58 Å². The normalized spacial score (nSPS) is 27.0. The van der Waals surface area contributed by atoms with Gasteiger partial charge in [0.2, 0.25) is 18.0 Å². The van der Waals surface area contributed by atoms with E-state index in [1.54, 1.807) is 18.2 Å². The lowest BCUT2D eigenvalue weighted by atomic mass is 9.55. The summed E-state index contributed by atoms with van der Waals surface area (Å²) in [7, 11) is 0. The number of aliphatic hydroxyl groups excluding tert-OH is 2. The summed E-state index contributed by atoms with van der Waals surface area (Å²) in [5.74, 6) is -1.09. The Labute approximate surface area is 364 Å². The number of ether oxygens (including phenoxy) is 4. The average Bonchev–Trinajstić information content (AvgIpc) is 4.14. The highest BCUT2D eigenvalue weighted by molar-refractivity contribution is 6.03. The summed E-state index contributed by atoms with van der Waals surface area (Å²) < 4.78 is 41.3. The fourth-order valence-electron chi connectivity index (χ4n) is 10.2. The van der Waals surface area contributed by atoms with Gasteiger partial charge >= 0.3 is 0 Å². The number of aryl methyl sites for hydroxylation is 1. The van der Waals surface area contributed by atoms with Gasteiger partial charge in [-0.05, 0) is 124 Å². The monoisotopic (exact) mass is 851 g/mol. The van der Waals surface area contributed by atoms with E-state index in [-0.39, 0.29) is 74.8 Å². The predicted octanol–water partition coefficient (Wildman–Crippen LogP) is 8.71. The molecule has 0 radical (unpaired) electrons. The van der Waals surface area contributed by atoms with Crippen LogP contribution in [0.5, 0.6) is 11.5 Å². The highest BCUT2D eigenvalue weighted by Crippen LogP contribution is 2.62. The Morgan fingerprint density at radius 2 is 1.84 bits per heavy atom. The molecule has 1 aromatic heterocycles. The van der Waals surface area contributed by atoms with Gasteiger partial charge < -0.3 is 38.9 Å². The number of oxime groups is 1. The molecular formula is C50H62FN3O8. The van der Waals surface area contributed by atoms with Gasteiger partial charge in [0.15, 0.2) is 0 Å². The predicted molar refractivity (Wildman–Crippen MR) is 233 cm³/mol. The van der Waals surface area contributed by atoms with E-state index < -0.39 is 24.0 Å². The molecule has 3 fully saturated rings. The van der Waals surface area contributed by atoms with Crippen LogP contribution >= 0.6 is 0 Å². The zero-order chi connectivity index (χ0) is 43.1. The third-order valence-corrected chi connectivity index (χ3v) is 13.2. The number of nitrogens with zero attached hydrogens (tertiary/aromatic N) is 3. The number of aliphatic hydroxyl groups is 2. The number of amides is 1. The zero-order valence-electron chi connectivity index (χ0n) is 36.0. The van der Waals surface area contributed by atoms with Crippen LogP contribution in [0.2, 0.25) is 0 Å². The van der Waals surface area contributed by atoms with E-state index in [0.717, 1.165) is 91.6 Å². The second-order valence-corrected chi connectivity index (χ2v) is 17.6. The van der Waals surface area contributed by atoms with Crippen molar-refractivity contribution in [1.29, 1.82) is 0 Å². The Kier molecular flexibility index (Phi) is 14.4. The van der Waals surface area contributed by atoms with E-state index in [0.29, 0.717) is 30.9 Å². The van der Waals surface area contributed by atoms with Crippen molar-refractivity contribution in [3.8, 4) is 11.5 Å². The molecule has 3 aromatic rings. The molecule has 1 saturated heterocycles. The summed E-state index contributed by atoms with van der Waals surface area (Å²) in [5.41, 5.74) is 5.18. The maximum absolute atomic E-state index is 14.8. The van der Waals surface area contributed by atoms with Crippen LogP contribution in [-0.2, 0) is 32.3 Å². The lowest BCUT2D eigenvalue weighted by Gasteiger charge is -2.60. The van der Waals surface area contributed by atoms with E-state index in [4.69, 9.17) is 28.9 Å². The molecule has 1 unspecified atom stereocenters. The van der Waals surface area contributed by atoms with Gasteiger partial charge in [-0.25, -0.2) is 4.39 Å². The summed E-state index contributed by atoms with van der Waals surface area (Å²) >= 11 is 0. The van der Waals surface area contributed by atoms with Crippen LogP contribution in [0.3, 0.4) is 0 Å². The first kappa shape index (κ1) is 44.0. The van der Waals surface area contributed by atoms with Crippen molar-refractivity contribution < 1.29 is 43.2 Å². The summed E-state index contributed by atoms with van der Waals surface area (Å²) in [4.78, 5) is 27.7. The third kappa shape index (κ3) is 9.78. The molecule has 0 spiro atoms. The standard InChI is InChI=1S/C50H62FN3O8/c1-3-26-60-50-45(54(49(57)35-18-19-35)31-34-16-20-37(51)21-17-34)30-43(53-62-46-15-6-9-27-58-46)41-28-36(12-4-7-24-55)40(14-5-8-25-56)47(48(41)50)42-29-39(22-23-44(42)61-50)59-32-38-13-10-11-33(2)52-38/h3,10-11,13,16-17,20-23,28-29,35-36,40,45-48,55-56H,1,4-9,12,14-15,18-19,24-27,30-32H2,2H3/t36-,40+,45-,46?,47+,48+,50+/m0/s1. The molecule has 0 bridgehead atoms. The Bertz CT molecular complexity index is 2070. The zero-order valence-corrected chi connectivity index (χ0v) is 36.0. The van der Waals surface area contributed by atoms with Crippen molar-refractivity contribution in [2.24, 2.45) is 28.8 Å². The summed E-state index contributed by atoms with van der Waals surface area (Å²) in [6.07, 6.45) is 12.7. The van der Waals surface area contributed by atoms with E-state index in [2.05, 4.69) is 23.7 Å². The second-order valence-electron chi connectivity index (χ2n) is 17.6. The smallest absolute Gasteiger partial charge is 0.239 e. The first-order chi connectivity index (χ1) is 30.3. The number of pyridine rings is 1. The minimum atomic E-state index is -1.40. The number of carbonyl (C=O) groups is 1. The fourth-order valence-corrected chi connectivity index (χ4v) is 10.2. The minimum absolute atomic E-state index is 0.000790. The average molecular weight is 852 g/mol. The summed E-state index contributed by atoms with van der Waals surface area (Å²) in [5, 5.41) is 24.9. The molecule has 2 N–H and O–H groups in total. The number of aromatic nitrogens is 1. The van der Waals surface area contributed by atoms with Crippen molar-refractivity contribution in [1.82, 2.24) is 9.88 Å². The van der Waals surface area contributed by atoms with Crippen LogP contribution in [0, 0.1) is 36.4 Å². The molecule has 11 nitrogen and oxygen atoms in total. The lowest BCUT2D eigenvalue weighted by molar-refractivity contribution is -0.258. The van der Waals surface area contributed by atoms with Gasteiger partial charge in [0.05, 0.1) is 30.5 Å². The quantitative estimate of drug-likeness (QED) is 0.0651. The second kappa shape index (κ2) is 20.3. The molecular weight excluding hydrogens is 790 g/mol. The van der Waals surface area contributed by atoms with Crippen LogP contribution in [-0.4, -0.2) is 76.3 Å². The summed E-state index contributed by atoms with van der Waals surface area (Å²) in [6.45, 7) is 7.49. The topological polar surface area (TPSA) is 132 Å². The molecule has 2 saturated carbocycles. The van der Waals surface area contributed by atoms with Crippen LogP contribution in [0.25, 0.3) is 0 Å². The van der Waals surface area contributed by atoms with Crippen LogP contribution in [0.15, 0.2) is 90.1 Å². The van der Waals surface area contributed by atoms with Gasteiger partial charge in [0, 0.05) is 55.7 Å². The van der Waals surface area contributed by atoms with Crippen molar-refractivity contribution in [3.63, 3.8) is 0 Å². The molecule has 7 atom stereocenters. The maximum Gasteiger partial charge on any atom is 0.239 e. The molecule has 2 aliphatic heterocycles. The molecule has 8 rings (SSSR count). The highest BCUT2D eigenvalue weighted by atomic mass is 19.1. The van der Waals surface area contributed by atoms with Crippen molar-refractivity contribution >= 4 is 11.6 Å². The first-order valence-corrected chi connectivity index (χ1v) is 22.8. The van der Waals surface area contributed by atoms with E-state index in [9.17, 15) is 19.4 Å². The molecule has 62 heavy (non-hydrogen) atoms. The Morgan fingerprint density at radius 1 is 1.03 bits per heavy atom. The first-order valence-electron chi connectivity index (χ1n) is 22.8. The molecule has 5 aliphatic rings. The molecule has 332 valence electrons. The third-order valence-electron chi connectivity index (χ3n) is 13.2. The molecule has 3 heterocycles. The Hall–Kier alpha value is -4.62. The fraction of sp³-hybridized carbons (Fsp3) is 0.540. The van der Waals surface area contributed by atoms with Crippen LogP contribution < -0.4 is 9.47 Å². The molecule has 1 amide bonds. The van der Waals surface area contributed by atoms with Crippen LogP contribution in [0.1, 0.15) is 105 Å². The lowest BCUT2D eigenvalue weighted by Crippen LogP contribution is -2.70. The van der Waals surface area contributed by atoms with E-state index >= 15 is 0 Å². The van der Waals surface area contributed by atoms with Crippen molar-refractivity contribution in [3.05, 3.63) is 113 Å². The number of hydrogen-bond donors (Lipinski definition) is 2. The minimum Gasteiger partial charge on any atom is -0.487 e. The molecule has 2 aromatic carbocycles. The number of unbranched alkanes of at least 4 members (excludes halogenated alkanes) is 2. The highest BCUT2D eigenvalue weighted by Gasteiger charge is 2.66. The Morgan fingerprint density at radius 3 is 2.56 bits per heavy atom. The molecule has 3 aliphatic carbocycles. The van der Waals surface area contributed by atoms with Crippen molar-refractivity contribution in [2.75, 3.05) is 26.4 Å². The molecule has 12 heteroatoms. The largest absolute Gasteiger partial charge is 0.487 e. The van der Waals surface area contributed by atoms with Gasteiger partial charge in [-0.1, -0.05) is 48.3 Å². The number of carbonyl (C=O) groups excluding carboxylic acids is 1. The SMILES string of the molecule is C=CCO[C@@]12Oc3ccc(OCc4cccc(C)n4)cc3[C@H]3[C@H](CCCCO)[C@@H](CCCCO)C=C(C(=NOC4CCCCO4)C[C@@H]1N(Cc1ccc(F)cc1)C(=O)C1CC1)[C@H]32. The number of benzene rings is 2.